The fourth-order valence-electron chi connectivity index (χ4n) is 2.83. The summed E-state index contributed by atoms with van der Waals surface area (Å²) in [5.74, 6) is -1.76. The summed E-state index contributed by atoms with van der Waals surface area (Å²) in [6, 6.07) is 8.42. The number of hydrogen-bond acceptors (Lipinski definition) is 9. The van der Waals surface area contributed by atoms with Crippen LogP contribution < -0.4 is 5.73 Å². The van der Waals surface area contributed by atoms with Crippen molar-refractivity contribution in [2.45, 2.75) is 58.0 Å². The zero-order valence-electron chi connectivity index (χ0n) is 16.0. The van der Waals surface area contributed by atoms with Crippen molar-refractivity contribution in [1.29, 1.82) is 0 Å². The van der Waals surface area contributed by atoms with E-state index in [0.717, 1.165) is 5.56 Å². The highest BCUT2D eigenvalue weighted by Gasteiger charge is 2.49. The van der Waals surface area contributed by atoms with E-state index in [1.54, 1.807) is 0 Å². The van der Waals surface area contributed by atoms with E-state index in [4.69, 9.17) is 29.4 Å². The van der Waals surface area contributed by atoms with Crippen LogP contribution in [0.15, 0.2) is 30.3 Å². The molecule has 0 aliphatic carbocycles. The van der Waals surface area contributed by atoms with Gasteiger partial charge in [-0.25, -0.2) is 0 Å². The van der Waals surface area contributed by atoms with E-state index in [-0.39, 0.29) is 13.2 Å². The lowest BCUT2D eigenvalue weighted by molar-refractivity contribution is -0.276. The Hall–Kier alpha value is -2.49. The van der Waals surface area contributed by atoms with Crippen molar-refractivity contribution in [2.24, 2.45) is 5.73 Å². The SMILES string of the molecule is CC(=O)OCC1OC(OCc2ccccc2)C(N)C(OC(C)=O)C1OC(C)=O. The highest BCUT2D eigenvalue weighted by Crippen LogP contribution is 2.27. The second-order valence-electron chi connectivity index (χ2n) is 6.37. The first kappa shape index (κ1) is 21.8. The average molecular weight is 395 g/mol. The van der Waals surface area contributed by atoms with Gasteiger partial charge in [0.25, 0.3) is 0 Å². The summed E-state index contributed by atoms with van der Waals surface area (Å²) in [5, 5.41) is 0. The molecule has 0 amide bonds. The van der Waals surface area contributed by atoms with Gasteiger partial charge in [-0.15, -0.1) is 0 Å². The lowest BCUT2D eigenvalue weighted by atomic mass is 9.97. The molecule has 1 aliphatic heterocycles. The number of esters is 3. The number of hydrogen-bond donors (Lipinski definition) is 1. The van der Waals surface area contributed by atoms with Crippen LogP contribution in [0.25, 0.3) is 0 Å². The summed E-state index contributed by atoms with van der Waals surface area (Å²) in [6.07, 6.45) is -3.97. The van der Waals surface area contributed by atoms with Crippen molar-refractivity contribution in [1.82, 2.24) is 0 Å². The second kappa shape index (κ2) is 10.2. The largest absolute Gasteiger partial charge is 0.463 e. The molecular weight excluding hydrogens is 370 g/mol. The molecule has 28 heavy (non-hydrogen) atoms. The summed E-state index contributed by atoms with van der Waals surface area (Å²) >= 11 is 0. The molecule has 0 radical (unpaired) electrons. The minimum absolute atomic E-state index is 0.199. The minimum Gasteiger partial charge on any atom is -0.463 e. The highest BCUT2D eigenvalue weighted by molar-refractivity contribution is 5.67. The Kier molecular flexibility index (Phi) is 7.91. The number of rotatable bonds is 7. The molecule has 1 aliphatic rings. The standard InChI is InChI=1S/C19H25NO8/c1-11(21)24-10-15-17(26-12(2)22)18(27-13(3)23)16(20)19(28-15)25-9-14-7-5-4-6-8-14/h4-8,15-19H,9-10,20H2,1-3H3. The normalized spacial score (nSPS) is 26.9. The van der Waals surface area contributed by atoms with Crippen LogP contribution in [-0.4, -0.2) is 55.2 Å². The van der Waals surface area contributed by atoms with Gasteiger partial charge in [-0.3, -0.25) is 14.4 Å². The predicted molar refractivity (Wildman–Crippen MR) is 95.6 cm³/mol. The van der Waals surface area contributed by atoms with Gasteiger partial charge >= 0.3 is 17.9 Å². The molecule has 9 nitrogen and oxygen atoms in total. The molecule has 0 spiro atoms. The van der Waals surface area contributed by atoms with Crippen LogP contribution in [0.5, 0.6) is 0 Å². The molecule has 1 aromatic carbocycles. The molecule has 5 atom stereocenters. The van der Waals surface area contributed by atoms with Gasteiger partial charge in [0.15, 0.2) is 18.5 Å². The van der Waals surface area contributed by atoms with Crippen molar-refractivity contribution in [3.8, 4) is 0 Å². The van der Waals surface area contributed by atoms with Gasteiger partial charge < -0.3 is 29.4 Å². The van der Waals surface area contributed by atoms with Crippen molar-refractivity contribution in [3.05, 3.63) is 35.9 Å². The molecule has 2 N–H and O–H groups in total. The number of benzene rings is 1. The Balaban J connectivity index is 2.19. The van der Waals surface area contributed by atoms with Crippen LogP contribution in [-0.2, 0) is 44.7 Å². The Morgan fingerprint density at radius 1 is 0.964 bits per heavy atom. The first-order valence-corrected chi connectivity index (χ1v) is 8.82. The maximum atomic E-state index is 11.6. The number of carbonyl (C=O) groups is 3. The van der Waals surface area contributed by atoms with Gasteiger partial charge in [-0.05, 0) is 5.56 Å². The van der Waals surface area contributed by atoms with Crippen LogP contribution in [0.2, 0.25) is 0 Å². The van der Waals surface area contributed by atoms with E-state index in [0.29, 0.717) is 0 Å². The van der Waals surface area contributed by atoms with E-state index in [2.05, 4.69) is 0 Å². The Morgan fingerprint density at radius 3 is 2.14 bits per heavy atom. The summed E-state index contributed by atoms with van der Waals surface area (Å²) in [6.45, 7) is 3.64. The molecule has 1 heterocycles. The third kappa shape index (κ3) is 6.29. The average Bonchev–Trinajstić information content (AvgIpc) is 2.63. The molecule has 2 rings (SSSR count). The quantitative estimate of drug-likeness (QED) is 0.524. The zero-order valence-corrected chi connectivity index (χ0v) is 16.0. The van der Waals surface area contributed by atoms with E-state index in [9.17, 15) is 14.4 Å². The van der Waals surface area contributed by atoms with Crippen LogP contribution in [0, 0.1) is 0 Å². The highest BCUT2D eigenvalue weighted by atomic mass is 16.7. The van der Waals surface area contributed by atoms with Gasteiger partial charge in [-0.1, -0.05) is 30.3 Å². The van der Waals surface area contributed by atoms with Crippen LogP contribution in [0.1, 0.15) is 26.3 Å². The lowest BCUT2D eigenvalue weighted by Crippen LogP contribution is -2.64. The molecule has 0 saturated carbocycles. The molecule has 1 aromatic rings. The fraction of sp³-hybridized carbons (Fsp3) is 0.526. The van der Waals surface area contributed by atoms with Gasteiger partial charge in [0, 0.05) is 20.8 Å². The van der Waals surface area contributed by atoms with E-state index < -0.39 is 48.6 Å². The molecule has 0 aromatic heterocycles. The number of nitrogens with two attached hydrogens (primary N) is 1. The monoisotopic (exact) mass is 395 g/mol. The zero-order chi connectivity index (χ0) is 20.7. The minimum atomic E-state index is -1.05. The molecule has 1 fully saturated rings. The number of ether oxygens (including phenoxy) is 5. The molecule has 1 saturated heterocycles. The van der Waals surface area contributed by atoms with Gasteiger partial charge in [-0.2, -0.15) is 0 Å². The van der Waals surface area contributed by atoms with Crippen molar-refractivity contribution < 1.29 is 38.1 Å². The maximum Gasteiger partial charge on any atom is 0.303 e. The van der Waals surface area contributed by atoms with E-state index >= 15 is 0 Å². The van der Waals surface area contributed by atoms with Gasteiger partial charge in [0.05, 0.1) is 12.6 Å². The van der Waals surface area contributed by atoms with Crippen LogP contribution >= 0.6 is 0 Å². The lowest BCUT2D eigenvalue weighted by Gasteiger charge is -2.43. The second-order valence-corrected chi connectivity index (χ2v) is 6.37. The summed E-state index contributed by atoms with van der Waals surface area (Å²) in [5.41, 5.74) is 7.08. The smallest absolute Gasteiger partial charge is 0.303 e. The summed E-state index contributed by atoms with van der Waals surface area (Å²) in [7, 11) is 0. The summed E-state index contributed by atoms with van der Waals surface area (Å²) in [4.78, 5) is 34.3. The van der Waals surface area contributed by atoms with E-state index in [1.807, 2.05) is 30.3 Å². The third-order valence-corrected chi connectivity index (χ3v) is 4.00. The van der Waals surface area contributed by atoms with E-state index in [1.165, 1.54) is 20.8 Å². The topological polar surface area (TPSA) is 123 Å². The van der Waals surface area contributed by atoms with Crippen molar-refractivity contribution in [3.63, 3.8) is 0 Å². The number of carbonyl (C=O) groups excluding carboxylic acids is 3. The molecule has 154 valence electrons. The molecule has 5 unspecified atom stereocenters. The maximum absolute atomic E-state index is 11.6. The van der Waals surface area contributed by atoms with Crippen molar-refractivity contribution >= 4 is 17.9 Å². The van der Waals surface area contributed by atoms with Gasteiger partial charge in [0.2, 0.25) is 0 Å². The van der Waals surface area contributed by atoms with Gasteiger partial charge in [0.1, 0.15) is 12.7 Å². The first-order valence-electron chi connectivity index (χ1n) is 8.82. The Labute approximate surface area is 163 Å². The predicted octanol–water partition coefficient (Wildman–Crippen LogP) is 0.682. The first-order chi connectivity index (χ1) is 13.3. The third-order valence-electron chi connectivity index (χ3n) is 4.00. The molecule has 0 bridgehead atoms. The Bertz CT molecular complexity index is 680. The van der Waals surface area contributed by atoms with Crippen molar-refractivity contribution in [2.75, 3.05) is 6.61 Å². The molecule has 9 heteroatoms. The van der Waals surface area contributed by atoms with Crippen LogP contribution in [0.4, 0.5) is 0 Å². The molecular formula is C19H25NO8. The van der Waals surface area contributed by atoms with Crippen LogP contribution in [0.3, 0.4) is 0 Å². The Morgan fingerprint density at radius 2 is 1.57 bits per heavy atom. The fourth-order valence-corrected chi connectivity index (χ4v) is 2.83. The summed E-state index contributed by atoms with van der Waals surface area (Å²) < 4.78 is 27.1.